The average molecular weight is 297 g/mol. The monoisotopic (exact) mass is 297 g/mol. The summed E-state index contributed by atoms with van der Waals surface area (Å²) in [6.07, 6.45) is -0.132. The average Bonchev–Trinajstić information content (AvgIpc) is 2.45. The molecule has 1 saturated heterocycles. The number of imide groups is 1. The van der Waals surface area contributed by atoms with Gasteiger partial charge in [-0.2, -0.15) is 13.2 Å². The van der Waals surface area contributed by atoms with Crippen molar-refractivity contribution in [3.63, 3.8) is 0 Å². The first-order valence-corrected chi connectivity index (χ1v) is 6.57. The number of rotatable bonds is 2. The zero-order valence-electron chi connectivity index (χ0n) is 11.2. The van der Waals surface area contributed by atoms with Gasteiger partial charge in [0.05, 0.1) is 5.56 Å². The fourth-order valence-corrected chi connectivity index (χ4v) is 2.12. The number of alkyl halides is 3. The predicted molar refractivity (Wildman–Crippen MR) is 71.0 cm³/mol. The van der Waals surface area contributed by atoms with Crippen LogP contribution in [0.4, 0.5) is 13.2 Å². The Balaban J connectivity index is 2.10. The van der Waals surface area contributed by atoms with Gasteiger partial charge in [0, 0.05) is 19.0 Å². The summed E-state index contributed by atoms with van der Waals surface area (Å²) < 4.78 is 37.7. The number of nitrogens with zero attached hydrogens (tertiary/aromatic N) is 1. The van der Waals surface area contributed by atoms with Crippen LogP contribution in [0.3, 0.4) is 0 Å². The number of carbonyl (C=O) groups is 2. The van der Waals surface area contributed by atoms with Gasteiger partial charge >= 0.3 is 6.18 Å². The summed E-state index contributed by atoms with van der Waals surface area (Å²) >= 11 is 0. The minimum absolute atomic E-state index is 0.236. The maximum Gasteiger partial charge on any atom is 0.416 e. The molecule has 0 aromatic heterocycles. The van der Waals surface area contributed by atoms with Crippen molar-refractivity contribution in [2.75, 3.05) is 6.54 Å². The molecule has 0 bridgehead atoms. The first-order chi connectivity index (χ1) is 9.88. The van der Waals surface area contributed by atoms with Crippen LogP contribution in [0.25, 0.3) is 6.08 Å². The molecule has 1 aromatic rings. The standard InChI is InChI=1S/C15H14F3NO2/c16-15(17,18)12-5-3-4-11(10-12)7-8-14(21)19-9-2-1-6-13(19)20/h3-5,7-8,10H,1-2,6,9H2/b8-7+. The van der Waals surface area contributed by atoms with Gasteiger partial charge in [0.15, 0.2) is 0 Å². The summed E-state index contributed by atoms with van der Waals surface area (Å²) in [6, 6.07) is 4.67. The van der Waals surface area contributed by atoms with Gasteiger partial charge in [-0.05, 0) is 36.6 Å². The van der Waals surface area contributed by atoms with Crippen molar-refractivity contribution in [2.24, 2.45) is 0 Å². The first kappa shape index (κ1) is 15.3. The summed E-state index contributed by atoms with van der Waals surface area (Å²) in [5.74, 6) is -0.725. The van der Waals surface area contributed by atoms with E-state index in [2.05, 4.69) is 0 Å². The molecule has 2 rings (SSSR count). The van der Waals surface area contributed by atoms with Gasteiger partial charge in [-0.25, -0.2) is 0 Å². The predicted octanol–water partition coefficient (Wildman–Crippen LogP) is 3.26. The number of piperidine rings is 1. The van der Waals surface area contributed by atoms with Gasteiger partial charge in [0.25, 0.3) is 5.91 Å². The number of hydrogen-bond acceptors (Lipinski definition) is 2. The topological polar surface area (TPSA) is 37.4 Å². The third kappa shape index (κ3) is 3.93. The third-order valence-electron chi connectivity index (χ3n) is 3.22. The maximum atomic E-state index is 12.6. The molecule has 3 nitrogen and oxygen atoms in total. The fourth-order valence-electron chi connectivity index (χ4n) is 2.12. The highest BCUT2D eigenvalue weighted by molar-refractivity contribution is 6.03. The molecule has 1 fully saturated rings. The zero-order valence-corrected chi connectivity index (χ0v) is 11.2. The number of carbonyl (C=O) groups excluding carboxylic acids is 2. The van der Waals surface area contributed by atoms with E-state index in [4.69, 9.17) is 0 Å². The molecule has 1 aliphatic heterocycles. The van der Waals surface area contributed by atoms with Gasteiger partial charge in [-0.1, -0.05) is 12.1 Å². The lowest BCUT2D eigenvalue weighted by Gasteiger charge is -2.23. The summed E-state index contributed by atoms with van der Waals surface area (Å²) in [5, 5.41) is 0. The molecule has 0 aliphatic carbocycles. The van der Waals surface area contributed by atoms with Gasteiger partial charge in [-0.15, -0.1) is 0 Å². The molecular weight excluding hydrogens is 283 g/mol. The van der Waals surface area contributed by atoms with Crippen LogP contribution in [-0.2, 0) is 15.8 Å². The van der Waals surface area contributed by atoms with Gasteiger partial charge in [0.1, 0.15) is 0 Å². The molecular formula is C15H14F3NO2. The third-order valence-corrected chi connectivity index (χ3v) is 3.22. The van der Waals surface area contributed by atoms with Crippen molar-refractivity contribution in [3.8, 4) is 0 Å². The van der Waals surface area contributed by atoms with E-state index in [1.54, 1.807) is 0 Å². The van der Waals surface area contributed by atoms with Crippen LogP contribution in [0.1, 0.15) is 30.4 Å². The molecule has 0 unspecified atom stereocenters. The first-order valence-electron chi connectivity index (χ1n) is 6.57. The lowest BCUT2D eigenvalue weighted by Crippen LogP contribution is -2.39. The van der Waals surface area contributed by atoms with E-state index in [1.165, 1.54) is 18.2 Å². The minimum atomic E-state index is -4.42. The number of halogens is 3. The zero-order chi connectivity index (χ0) is 15.5. The Hall–Kier alpha value is -2.11. The number of amides is 2. The van der Waals surface area contributed by atoms with Gasteiger partial charge < -0.3 is 0 Å². The summed E-state index contributed by atoms with van der Waals surface area (Å²) in [4.78, 5) is 24.5. The molecule has 1 aliphatic rings. The summed E-state index contributed by atoms with van der Waals surface area (Å²) in [5.41, 5.74) is -0.506. The fraction of sp³-hybridized carbons (Fsp3) is 0.333. The van der Waals surface area contributed by atoms with Crippen molar-refractivity contribution in [2.45, 2.75) is 25.4 Å². The Bertz CT molecular complexity index is 579. The molecule has 0 spiro atoms. The van der Waals surface area contributed by atoms with Gasteiger partial charge in [0.2, 0.25) is 5.91 Å². The lowest BCUT2D eigenvalue weighted by molar-refractivity contribution is -0.143. The molecule has 0 saturated carbocycles. The Morgan fingerprint density at radius 1 is 1.24 bits per heavy atom. The largest absolute Gasteiger partial charge is 0.416 e. The van der Waals surface area contributed by atoms with E-state index < -0.39 is 17.6 Å². The van der Waals surface area contributed by atoms with E-state index in [-0.39, 0.29) is 11.5 Å². The molecule has 21 heavy (non-hydrogen) atoms. The van der Waals surface area contributed by atoms with Crippen LogP contribution in [0.15, 0.2) is 30.3 Å². The van der Waals surface area contributed by atoms with E-state index in [9.17, 15) is 22.8 Å². The van der Waals surface area contributed by atoms with Crippen molar-refractivity contribution < 1.29 is 22.8 Å². The number of benzene rings is 1. The second-order valence-electron chi connectivity index (χ2n) is 4.80. The highest BCUT2D eigenvalue weighted by atomic mass is 19.4. The molecule has 6 heteroatoms. The van der Waals surface area contributed by atoms with Crippen LogP contribution >= 0.6 is 0 Å². The second kappa shape index (κ2) is 6.11. The maximum absolute atomic E-state index is 12.6. The second-order valence-corrected chi connectivity index (χ2v) is 4.80. The highest BCUT2D eigenvalue weighted by Crippen LogP contribution is 2.29. The van der Waals surface area contributed by atoms with Crippen molar-refractivity contribution >= 4 is 17.9 Å². The van der Waals surface area contributed by atoms with Crippen LogP contribution in [0.5, 0.6) is 0 Å². The lowest BCUT2D eigenvalue weighted by atomic mass is 10.1. The quantitative estimate of drug-likeness (QED) is 0.786. The van der Waals surface area contributed by atoms with E-state index in [0.29, 0.717) is 13.0 Å². The van der Waals surface area contributed by atoms with E-state index in [0.717, 1.165) is 36.0 Å². The summed E-state index contributed by atoms with van der Waals surface area (Å²) in [7, 11) is 0. The Morgan fingerprint density at radius 2 is 2.00 bits per heavy atom. The smallest absolute Gasteiger partial charge is 0.279 e. The van der Waals surface area contributed by atoms with Crippen LogP contribution in [0.2, 0.25) is 0 Å². The Kier molecular flexibility index (Phi) is 4.45. The van der Waals surface area contributed by atoms with Crippen molar-refractivity contribution in [3.05, 3.63) is 41.5 Å². The Labute approximate surface area is 120 Å². The molecule has 1 aromatic carbocycles. The highest BCUT2D eigenvalue weighted by Gasteiger charge is 2.30. The molecule has 1 heterocycles. The SMILES string of the molecule is O=C(/C=C/c1cccc(C(F)(F)F)c1)N1CCCCC1=O. The molecule has 0 radical (unpaired) electrons. The van der Waals surface area contributed by atoms with E-state index >= 15 is 0 Å². The van der Waals surface area contributed by atoms with Crippen LogP contribution in [-0.4, -0.2) is 23.3 Å². The normalized spacial score (nSPS) is 16.5. The van der Waals surface area contributed by atoms with Gasteiger partial charge in [-0.3, -0.25) is 14.5 Å². The molecule has 0 atom stereocenters. The van der Waals surface area contributed by atoms with Crippen molar-refractivity contribution in [1.29, 1.82) is 0 Å². The molecule has 2 amide bonds. The molecule has 0 N–H and O–H groups in total. The van der Waals surface area contributed by atoms with Crippen LogP contribution < -0.4 is 0 Å². The van der Waals surface area contributed by atoms with Crippen LogP contribution in [0, 0.1) is 0 Å². The summed E-state index contributed by atoms with van der Waals surface area (Å²) in [6.45, 7) is 0.366. The number of hydrogen-bond donors (Lipinski definition) is 0. The Morgan fingerprint density at radius 3 is 2.67 bits per heavy atom. The number of likely N-dealkylation sites (tertiary alicyclic amines) is 1. The minimum Gasteiger partial charge on any atom is -0.279 e. The molecule has 112 valence electrons. The van der Waals surface area contributed by atoms with Crippen molar-refractivity contribution in [1.82, 2.24) is 4.90 Å². The van der Waals surface area contributed by atoms with E-state index in [1.807, 2.05) is 0 Å².